The normalized spacial score (nSPS) is 12.2. The third-order valence-electron chi connectivity index (χ3n) is 2.53. The zero-order valence-corrected chi connectivity index (χ0v) is 9.67. The smallest absolute Gasteiger partial charge is 0.224 e. The van der Waals surface area contributed by atoms with Crippen LogP contribution in [0.1, 0.15) is 19.8 Å². The lowest BCUT2D eigenvalue weighted by Crippen LogP contribution is -2.21. The highest BCUT2D eigenvalue weighted by Crippen LogP contribution is 2.14. The van der Waals surface area contributed by atoms with Gasteiger partial charge in [0.15, 0.2) is 0 Å². The van der Waals surface area contributed by atoms with E-state index >= 15 is 0 Å². The zero-order valence-electron chi connectivity index (χ0n) is 9.67. The van der Waals surface area contributed by atoms with Gasteiger partial charge < -0.3 is 11.1 Å². The number of anilines is 1. The molecule has 0 fully saturated rings. The first kappa shape index (κ1) is 13.6. The van der Waals surface area contributed by atoms with Crippen molar-refractivity contribution in [2.75, 3.05) is 11.9 Å². The second kappa shape index (κ2) is 6.30. The van der Waals surface area contributed by atoms with Crippen molar-refractivity contribution in [3.63, 3.8) is 0 Å². The number of benzene rings is 1. The summed E-state index contributed by atoms with van der Waals surface area (Å²) in [6, 6.07) is 2.90. The molecular formula is C12H16F2N2O. The highest BCUT2D eigenvalue weighted by Gasteiger charge is 2.11. The highest BCUT2D eigenvalue weighted by atomic mass is 19.1. The molecule has 1 amide bonds. The van der Waals surface area contributed by atoms with Gasteiger partial charge in [-0.2, -0.15) is 0 Å². The molecule has 0 saturated heterocycles. The summed E-state index contributed by atoms with van der Waals surface area (Å²) in [5, 5.41) is 2.45. The molecular weight excluding hydrogens is 226 g/mol. The average Bonchev–Trinajstić information content (AvgIpc) is 2.24. The molecule has 0 radical (unpaired) electrons. The van der Waals surface area contributed by atoms with E-state index in [1.807, 2.05) is 6.92 Å². The van der Waals surface area contributed by atoms with Crippen molar-refractivity contribution in [3.05, 3.63) is 29.8 Å². The fraction of sp³-hybridized carbons (Fsp3) is 0.417. The van der Waals surface area contributed by atoms with Crippen molar-refractivity contribution in [2.24, 2.45) is 11.7 Å². The molecule has 3 N–H and O–H groups in total. The summed E-state index contributed by atoms with van der Waals surface area (Å²) < 4.78 is 25.7. The summed E-state index contributed by atoms with van der Waals surface area (Å²) in [6.45, 7) is 2.36. The predicted octanol–water partition coefficient (Wildman–Crippen LogP) is 2.28. The van der Waals surface area contributed by atoms with Crippen LogP contribution in [0.4, 0.5) is 14.5 Å². The highest BCUT2D eigenvalue weighted by molar-refractivity contribution is 5.90. The summed E-state index contributed by atoms with van der Waals surface area (Å²) in [5.74, 6) is -1.63. The van der Waals surface area contributed by atoms with Crippen LogP contribution in [0.2, 0.25) is 0 Å². The van der Waals surface area contributed by atoms with Gasteiger partial charge in [0.05, 0.1) is 0 Å². The van der Waals surface area contributed by atoms with Crippen molar-refractivity contribution in [3.8, 4) is 0 Å². The summed E-state index contributed by atoms with van der Waals surface area (Å²) in [5.41, 5.74) is 5.60. The lowest BCUT2D eigenvalue weighted by atomic mass is 10.0. The number of hydrogen-bond acceptors (Lipinski definition) is 2. The molecule has 0 aliphatic carbocycles. The third-order valence-corrected chi connectivity index (χ3v) is 2.53. The average molecular weight is 242 g/mol. The van der Waals surface area contributed by atoms with E-state index < -0.39 is 11.6 Å². The number of carbonyl (C=O) groups excluding carboxylic acids is 1. The first-order valence-electron chi connectivity index (χ1n) is 5.51. The number of amides is 1. The molecule has 0 aromatic heterocycles. The van der Waals surface area contributed by atoms with Gasteiger partial charge in [0.25, 0.3) is 0 Å². The molecule has 17 heavy (non-hydrogen) atoms. The van der Waals surface area contributed by atoms with E-state index in [2.05, 4.69) is 5.32 Å². The second-order valence-electron chi connectivity index (χ2n) is 3.92. The van der Waals surface area contributed by atoms with Gasteiger partial charge in [-0.15, -0.1) is 0 Å². The predicted molar refractivity (Wildman–Crippen MR) is 62.4 cm³/mol. The van der Waals surface area contributed by atoms with Gasteiger partial charge in [0.2, 0.25) is 5.91 Å². The lowest BCUT2D eigenvalue weighted by Gasteiger charge is -2.12. The Morgan fingerprint density at radius 3 is 2.41 bits per heavy atom. The van der Waals surface area contributed by atoms with Crippen LogP contribution in [0.15, 0.2) is 18.2 Å². The molecule has 1 aromatic carbocycles. The van der Waals surface area contributed by atoms with E-state index in [0.29, 0.717) is 6.54 Å². The molecule has 0 aliphatic heterocycles. The molecule has 1 atom stereocenters. The second-order valence-corrected chi connectivity index (χ2v) is 3.92. The van der Waals surface area contributed by atoms with Gasteiger partial charge in [-0.05, 0) is 24.6 Å². The van der Waals surface area contributed by atoms with Gasteiger partial charge in [-0.25, -0.2) is 8.78 Å². The Morgan fingerprint density at radius 2 is 1.94 bits per heavy atom. The molecule has 1 unspecified atom stereocenters. The number of carbonyl (C=O) groups is 1. The monoisotopic (exact) mass is 242 g/mol. The maximum atomic E-state index is 12.9. The number of nitrogens with two attached hydrogens (primary N) is 1. The maximum Gasteiger partial charge on any atom is 0.224 e. The third kappa shape index (κ3) is 4.48. The van der Waals surface area contributed by atoms with E-state index in [-0.39, 0.29) is 23.9 Å². The number of halogens is 2. The van der Waals surface area contributed by atoms with Crippen molar-refractivity contribution < 1.29 is 13.6 Å². The Morgan fingerprint density at radius 1 is 1.35 bits per heavy atom. The van der Waals surface area contributed by atoms with Gasteiger partial charge in [-0.1, -0.05) is 13.3 Å². The molecule has 0 bridgehead atoms. The summed E-state index contributed by atoms with van der Waals surface area (Å²) in [6.07, 6.45) is 1.05. The van der Waals surface area contributed by atoms with Crippen molar-refractivity contribution in [1.82, 2.24) is 0 Å². The van der Waals surface area contributed by atoms with Crippen molar-refractivity contribution in [2.45, 2.75) is 19.8 Å². The van der Waals surface area contributed by atoms with Crippen LogP contribution in [-0.2, 0) is 4.79 Å². The van der Waals surface area contributed by atoms with Gasteiger partial charge in [0.1, 0.15) is 11.6 Å². The van der Waals surface area contributed by atoms with Crippen molar-refractivity contribution in [1.29, 1.82) is 0 Å². The van der Waals surface area contributed by atoms with Crippen LogP contribution in [0.3, 0.4) is 0 Å². The summed E-state index contributed by atoms with van der Waals surface area (Å²) in [7, 11) is 0. The van der Waals surface area contributed by atoms with Gasteiger partial charge in [-0.3, -0.25) is 4.79 Å². The SMILES string of the molecule is CCC(CN)CC(=O)Nc1cc(F)cc(F)c1. The summed E-state index contributed by atoms with van der Waals surface area (Å²) >= 11 is 0. The molecule has 94 valence electrons. The Hall–Kier alpha value is -1.49. The first-order chi connectivity index (χ1) is 8.05. The van der Waals surface area contributed by atoms with Crippen LogP contribution < -0.4 is 11.1 Å². The first-order valence-corrected chi connectivity index (χ1v) is 5.51. The Labute approximate surface area is 99.0 Å². The molecule has 5 heteroatoms. The number of hydrogen-bond donors (Lipinski definition) is 2. The van der Waals surface area contributed by atoms with Crippen LogP contribution in [0, 0.1) is 17.6 Å². The minimum Gasteiger partial charge on any atom is -0.330 e. The Kier molecular flexibility index (Phi) is 5.03. The molecule has 3 nitrogen and oxygen atoms in total. The minimum absolute atomic E-state index is 0.0911. The Bertz CT molecular complexity index is 372. The topological polar surface area (TPSA) is 55.1 Å². The fourth-order valence-corrected chi connectivity index (χ4v) is 1.49. The van der Waals surface area contributed by atoms with Crippen LogP contribution in [0.5, 0.6) is 0 Å². The van der Waals surface area contributed by atoms with E-state index in [1.54, 1.807) is 0 Å². The Balaban J connectivity index is 2.61. The van der Waals surface area contributed by atoms with E-state index in [1.165, 1.54) is 0 Å². The number of rotatable bonds is 5. The minimum atomic E-state index is -0.717. The standard InChI is InChI=1S/C12H16F2N2O/c1-2-8(7-15)3-12(17)16-11-5-9(13)4-10(14)6-11/h4-6,8H,2-3,7,15H2,1H3,(H,16,17). The maximum absolute atomic E-state index is 12.9. The molecule has 0 saturated carbocycles. The number of nitrogens with one attached hydrogen (secondary N) is 1. The lowest BCUT2D eigenvalue weighted by molar-refractivity contribution is -0.117. The summed E-state index contributed by atoms with van der Waals surface area (Å²) in [4.78, 5) is 11.6. The van der Waals surface area contributed by atoms with Crippen LogP contribution >= 0.6 is 0 Å². The van der Waals surface area contributed by atoms with Crippen LogP contribution in [0.25, 0.3) is 0 Å². The zero-order chi connectivity index (χ0) is 12.8. The van der Waals surface area contributed by atoms with E-state index in [0.717, 1.165) is 24.6 Å². The van der Waals surface area contributed by atoms with E-state index in [9.17, 15) is 13.6 Å². The quantitative estimate of drug-likeness (QED) is 0.832. The molecule has 1 aromatic rings. The molecule has 0 spiro atoms. The van der Waals surface area contributed by atoms with Gasteiger partial charge in [0, 0.05) is 18.2 Å². The molecule has 0 heterocycles. The molecule has 1 rings (SSSR count). The van der Waals surface area contributed by atoms with E-state index in [4.69, 9.17) is 5.73 Å². The largest absolute Gasteiger partial charge is 0.330 e. The van der Waals surface area contributed by atoms with Crippen molar-refractivity contribution >= 4 is 11.6 Å². The fourth-order valence-electron chi connectivity index (χ4n) is 1.49. The van der Waals surface area contributed by atoms with Gasteiger partial charge >= 0.3 is 0 Å². The molecule has 0 aliphatic rings. The van der Waals surface area contributed by atoms with Crippen LogP contribution in [-0.4, -0.2) is 12.5 Å².